The Labute approximate surface area is 166 Å². The van der Waals surface area contributed by atoms with Gasteiger partial charge in [0.2, 0.25) is 0 Å². The van der Waals surface area contributed by atoms with Crippen LogP contribution in [0.3, 0.4) is 0 Å². The Bertz CT molecular complexity index is 987. The number of rotatable bonds is 5. The molecule has 1 atom stereocenters. The van der Waals surface area contributed by atoms with E-state index in [-0.39, 0.29) is 30.3 Å². The zero-order valence-electron chi connectivity index (χ0n) is 16.2. The van der Waals surface area contributed by atoms with Crippen molar-refractivity contribution in [2.45, 2.75) is 26.9 Å². The quantitative estimate of drug-likeness (QED) is 0.465. The van der Waals surface area contributed by atoms with E-state index in [1.54, 1.807) is 6.07 Å². The first-order valence-electron chi connectivity index (χ1n) is 8.93. The molecule has 0 saturated carbocycles. The molecule has 0 aromatic heterocycles. The van der Waals surface area contributed by atoms with Crippen molar-refractivity contribution >= 4 is 23.3 Å². The molecule has 0 spiro atoms. The third kappa shape index (κ3) is 4.45. The number of amides is 1. The Balaban J connectivity index is 1.76. The molecule has 9 heteroatoms. The number of esters is 1. The molecule has 152 valence electrons. The Hall–Kier alpha value is -3.62. The molecule has 0 fully saturated rings. The van der Waals surface area contributed by atoms with Crippen molar-refractivity contribution in [3.63, 3.8) is 0 Å². The Morgan fingerprint density at radius 3 is 2.41 bits per heavy atom. The Morgan fingerprint density at radius 1 is 1.14 bits per heavy atom. The van der Waals surface area contributed by atoms with E-state index in [1.807, 2.05) is 26.0 Å². The molecule has 1 N–H and O–H groups in total. The van der Waals surface area contributed by atoms with E-state index in [0.717, 1.165) is 17.2 Å². The number of nitrogens with one attached hydrogen (secondary N) is 1. The SMILES string of the molecule is Cc1ccc(NC(=O)[C@H](C)OC(=O)c2cc3c(cc2[N+](=O)[O-])OCCO3)c(C)c1. The van der Waals surface area contributed by atoms with Gasteiger partial charge in [-0.25, -0.2) is 4.79 Å². The summed E-state index contributed by atoms with van der Waals surface area (Å²) in [6.45, 7) is 5.68. The van der Waals surface area contributed by atoms with E-state index in [9.17, 15) is 19.7 Å². The molecule has 0 aliphatic carbocycles. The highest BCUT2D eigenvalue weighted by atomic mass is 16.6. The van der Waals surface area contributed by atoms with Gasteiger partial charge in [-0.1, -0.05) is 17.7 Å². The summed E-state index contributed by atoms with van der Waals surface area (Å²) in [5.41, 5.74) is 1.70. The molecule has 0 unspecified atom stereocenters. The molecule has 2 aromatic rings. The van der Waals surface area contributed by atoms with Crippen LogP contribution in [0.25, 0.3) is 0 Å². The van der Waals surface area contributed by atoms with Crippen molar-refractivity contribution in [1.82, 2.24) is 0 Å². The predicted octanol–water partition coefficient (Wildman–Crippen LogP) is 3.17. The molecule has 1 heterocycles. The molecule has 0 saturated heterocycles. The van der Waals surface area contributed by atoms with E-state index in [1.165, 1.54) is 13.0 Å². The van der Waals surface area contributed by atoms with E-state index in [0.29, 0.717) is 5.69 Å². The molecule has 29 heavy (non-hydrogen) atoms. The number of carbonyl (C=O) groups is 2. The summed E-state index contributed by atoms with van der Waals surface area (Å²) in [5.74, 6) is -1.16. The summed E-state index contributed by atoms with van der Waals surface area (Å²) >= 11 is 0. The number of hydrogen-bond donors (Lipinski definition) is 1. The molecule has 1 aliphatic heterocycles. The fourth-order valence-corrected chi connectivity index (χ4v) is 2.86. The first kappa shape index (κ1) is 20.1. The second-order valence-corrected chi connectivity index (χ2v) is 6.63. The number of hydrogen-bond acceptors (Lipinski definition) is 7. The van der Waals surface area contributed by atoms with E-state index in [4.69, 9.17) is 14.2 Å². The number of nitro benzene ring substituents is 1. The lowest BCUT2D eigenvalue weighted by Gasteiger charge is -2.19. The minimum absolute atomic E-state index is 0.181. The predicted molar refractivity (Wildman–Crippen MR) is 104 cm³/mol. The van der Waals surface area contributed by atoms with Gasteiger partial charge in [0.15, 0.2) is 17.6 Å². The summed E-state index contributed by atoms with van der Waals surface area (Å²) in [6, 6.07) is 7.82. The summed E-state index contributed by atoms with van der Waals surface area (Å²) in [6.07, 6.45) is -1.17. The molecule has 0 radical (unpaired) electrons. The fraction of sp³-hybridized carbons (Fsp3) is 0.300. The van der Waals surface area contributed by atoms with E-state index < -0.39 is 28.6 Å². The molecular weight excluding hydrogens is 380 g/mol. The van der Waals surface area contributed by atoms with Crippen molar-refractivity contribution in [3.05, 3.63) is 57.1 Å². The molecule has 1 amide bonds. The normalized spacial score (nSPS) is 13.3. The lowest BCUT2D eigenvalue weighted by Crippen LogP contribution is -2.30. The van der Waals surface area contributed by atoms with Gasteiger partial charge in [-0.2, -0.15) is 0 Å². The third-order valence-corrected chi connectivity index (χ3v) is 4.37. The zero-order chi connectivity index (χ0) is 21.1. The first-order chi connectivity index (χ1) is 13.8. The topological polar surface area (TPSA) is 117 Å². The average Bonchev–Trinajstić information content (AvgIpc) is 2.68. The van der Waals surface area contributed by atoms with Gasteiger partial charge in [-0.3, -0.25) is 14.9 Å². The molecule has 9 nitrogen and oxygen atoms in total. The molecule has 3 rings (SSSR count). The van der Waals surface area contributed by atoms with E-state index >= 15 is 0 Å². The first-order valence-corrected chi connectivity index (χ1v) is 8.93. The number of anilines is 1. The third-order valence-electron chi connectivity index (χ3n) is 4.37. The largest absolute Gasteiger partial charge is 0.486 e. The van der Waals surface area contributed by atoms with Gasteiger partial charge in [0, 0.05) is 11.8 Å². The number of carbonyl (C=O) groups excluding carboxylic acids is 2. The maximum absolute atomic E-state index is 12.5. The van der Waals surface area contributed by atoms with Crippen LogP contribution in [0.15, 0.2) is 30.3 Å². The van der Waals surface area contributed by atoms with Crippen molar-refractivity contribution in [1.29, 1.82) is 0 Å². The highest BCUT2D eigenvalue weighted by Crippen LogP contribution is 2.37. The second kappa shape index (κ2) is 8.17. The van der Waals surface area contributed by atoms with Crippen molar-refractivity contribution in [2.75, 3.05) is 18.5 Å². The number of ether oxygens (including phenoxy) is 3. The van der Waals surface area contributed by atoms with E-state index in [2.05, 4.69) is 5.32 Å². The summed E-state index contributed by atoms with van der Waals surface area (Å²) in [7, 11) is 0. The number of benzene rings is 2. The van der Waals surface area contributed by atoms with Crippen LogP contribution >= 0.6 is 0 Å². The van der Waals surface area contributed by atoms with Gasteiger partial charge in [0.1, 0.15) is 18.8 Å². The average molecular weight is 400 g/mol. The van der Waals surface area contributed by atoms with Crippen molar-refractivity contribution in [2.24, 2.45) is 0 Å². The minimum atomic E-state index is -1.17. The highest BCUT2D eigenvalue weighted by molar-refractivity contribution is 5.99. The molecule has 0 bridgehead atoms. The number of nitrogens with zero attached hydrogens (tertiary/aromatic N) is 1. The van der Waals surface area contributed by atoms with Crippen LogP contribution in [-0.2, 0) is 9.53 Å². The maximum atomic E-state index is 12.5. The zero-order valence-corrected chi connectivity index (χ0v) is 16.2. The maximum Gasteiger partial charge on any atom is 0.346 e. The lowest BCUT2D eigenvalue weighted by atomic mass is 10.1. The van der Waals surface area contributed by atoms with Crippen LogP contribution in [0, 0.1) is 24.0 Å². The number of aryl methyl sites for hydroxylation is 2. The van der Waals surface area contributed by atoms with Gasteiger partial charge in [0.25, 0.3) is 11.6 Å². The smallest absolute Gasteiger partial charge is 0.346 e. The lowest BCUT2D eigenvalue weighted by molar-refractivity contribution is -0.385. The molecule has 1 aliphatic rings. The summed E-state index contributed by atoms with van der Waals surface area (Å²) < 4.78 is 15.8. The van der Waals surface area contributed by atoms with Crippen LogP contribution in [-0.4, -0.2) is 36.1 Å². The second-order valence-electron chi connectivity index (χ2n) is 6.63. The Morgan fingerprint density at radius 2 is 1.79 bits per heavy atom. The van der Waals surface area contributed by atoms with Crippen LogP contribution in [0.5, 0.6) is 11.5 Å². The van der Waals surface area contributed by atoms with Gasteiger partial charge in [0.05, 0.1) is 11.0 Å². The van der Waals surface area contributed by atoms with Gasteiger partial charge in [-0.15, -0.1) is 0 Å². The van der Waals surface area contributed by atoms with Gasteiger partial charge >= 0.3 is 5.97 Å². The van der Waals surface area contributed by atoms with Crippen molar-refractivity contribution in [3.8, 4) is 11.5 Å². The summed E-state index contributed by atoms with van der Waals surface area (Å²) in [4.78, 5) is 35.6. The van der Waals surface area contributed by atoms with Gasteiger partial charge in [-0.05, 0) is 32.4 Å². The van der Waals surface area contributed by atoms with Crippen LogP contribution in [0.4, 0.5) is 11.4 Å². The highest BCUT2D eigenvalue weighted by Gasteiger charge is 2.29. The standard InChI is InChI=1S/C20H20N2O7/c1-11-4-5-15(12(2)8-11)21-19(23)13(3)29-20(24)14-9-17-18(28-7-6-27-17)10-16(14)22(25)26/h4-5,8-10,13H,6-7H2,1-3H3,(H,21,23)/t13-/m0/s1. The van der Waals surface area contributed by atoms with Crippen LogP contribution in [0.1, 0.15) is 28.4 Å². The summed E-state index contributed by atoms with van der Waals surface area (Å²) in [5, 5.41) is 14.0. The van der Waals surface area contributed by atoms with Gasteiger partial charge < -0.3 is 19.5 Å². The molecule has 2 aromatic carbocycles. The molecular formula is C20H20N2O7. The number of fused-ring (bicyclic) bond motifs is 1. The number of nitro groups is 1. The Kier molecular flexibility index (Phi) is 5.67. The minimum Gasteiger partial charge on any atom is -0.486 e. The van der Waals surface area contributed by atoms with Crippen LogP contribution < -0.4 is 14.8 Å². The van der Waals surface area contributed by atoms with Crippen molar-refractivity contribution < 1.29 is 28.7 Å². The van der Waals surface area contributed by atoms with Crippen LogP contribution in [0.2, 0.25) is 0 Å². The monoisotopic (exact) mass is 400 g/mol. The fourth-order valence-electron chi connectivity index (χ4n) is 2.86.